The number of carbonyl (C=O) groups is 1. The van der Waals surface area contributed by atoms with Gasteiger partial charge in [0.2, 0.25) is 0 Å². The fourth-order valence-corrected chi connectivity index (χ4v) is 3.54. The number of fused-ring (bicyclic) bond motifs is 2. The molecule has 3 aromatic rings. The minimum atomic E-state index is -0.657. The van der Waals surface area contributed by atoms with Crippen LogP contribution in [-0.4, -0.2) is 68.9 Å². The van der Waals surface area contributed by atoms with Gasteiger partial charge < -0.3 is 9.22 Å². The van der Waals surface area contributed by atoms with Crippen molar-refractivity contribution in [2.45, 2.75) is 12.7 Å². The van der Waals surface area contributed by atoms with Gasteiger partial charge in [-0.1, -0.05) is 11.8 Å². The number of rotatable bonds is 6. The van der Waals surface area contributed by atoms with E-state index in [-0.39, 0.29) is 16.3 Å². The molecule has 0 unspecified atom stereocenters. The smallest absolute Gasteiger partial charge is 0.327 e. The quantitative estimate of drug-likeness (QED) is 0.330. The first-order valence-electron chi connectivity index (χ1n) is 9.11. The Bertz CT molecular complexity index is 1260. The molecule has 0 saturated heterocycles. The summed E-state index contributed by atoms with van der Waals surface area (Å²) in [5.74, 6) is 0.376. The second-order valence-electron chi connectivity index (χ2n) is 7.76. The Labute approximate surface area is 181 Å². The molecule has 30 heavy (non-hydrogen) atoms. The van der Waals surface area contributed by atoms with Crippen LogP contribution >= 0.6 is 24.0 Å². The molecule has 0 aliphatic rings. The summed E-state index contributed by atoms with van der Waals surface area (Å²) in [5.41, 5.74) is 1.14. The molecule has 3 rings (SSSR count). The molecule has 0 aliphatic carbocycles. The molecule has 0 saturated carbocycles. The molecule has 0 bridgehead atoms. The molecular formula is C19H22N5O4S2+. The van der Waals surface area contributed by atoms with Crippen LogP contribution < -0.4 is 11.2 Å². The van der Waals surface area contributed by atoms with Gasteiger partial charge in [-0.15, -0.1) is 0 Å². The van der Waals surface area contributed by atoms with E-state index in [1.165, 1.54) is 6.92 Å². The lowest BCUT2D eigenvalue weighted by molar-refractivity contribution is -0.870. The van der Waals surface area contributed by atoms with Crippen molar-refractivity contribution in [1.29, 1.82) is 0 Å². The first-order valence-corrected chi connectivity index (χ1v) is 10.5. The van der Waals surface area contributed by atoms with Gasteiger partial charge in [0.25, 0.3) is 5.56 Å². The van der Waals surface area contributed by atoms with Gasteiger partial charge in [-0.25, -0.2) is 14.8 Å². The first kappa shape index (κ1) is 22.1. The van der Waals surface area contributed by atoms with E-state index in [1.807, 2.05) is 0 Å². The highest BCUT2D eigenvalue weighted by Gasteiger charge is 2.16. The number of nitrogens with one attached hydrogen (secondary N) is 2. The van der Waals surface area contributed by atoms with Crippen molar-refractivity contribution in [3.63, 3.8) is 0 Å². The average Bonchev–Trinajstić information content (AvgIpc) is 2.63. The molecule has 0 radical (unpaired) electrons. The summed E-state index contributed by atoms with van der Waals surface area (Å²) in [6, 6.07) is 3.46. The fraction of sp³-hybridized carbons (Fsp3) is 0.368. The topological polar surface area (TPSA) is 118 Å². The zero-order valence-electron chi connectivity index (χ0n) is 17.1. The van der Waals surface area contributed by atoms with E-state index in [9.17, 15) is 14.4 Å². The molecule has 0 fully saturated rings. The van der Waals surface area contributed by atoms with Crippen LogP contribution in [0.2, 0.25) is 0 Å². The second-order valence-corrected chi connectivity index (χ2v) is 9.28. The lowest BCUT2D eigenvalue weighted by atomic mass is 10.1. The van der Waals surface area contributed by atoms with E-state index in [0.717, 1.165) is 28.4 Å². The Morgan fingerprint density at radius 2 is 1.87 bits per heavy atom. The number of carbonyl (C=O) groups excluding carboxylic acids is 1. The Morgan fingerprint density at radius 3 is 2.53 bits per heavy atom. The molecule has 158 valence electrons. The number of nitrogens with zero attached hydrogens (tertiary/aromatic N) is 3. The van der Waals surface area contributed by atoms with Crippen LogP contribution in [0.25, 0.3) is 22.2 Å². The number of thiocarbonyl (C=S) groups is 1. The van der Waals surface area contributed by atoms with Gasteiger partial charge in [0.15, 0.2) is 21.3 Å². The Kier molecular flexibility index (Phi) is 6.34. The standard InChI is InChI=1S/C19H21N5O4S2/c1-10(25)30-9-11-7-13-14(8-12(11)18(29)28-6-5-24(2,3)4)21-16-15(20-13)17(26)23-19(27)22-16/h7-8H,5-6,9H2,1-4H3,(H-,21,22,23,26,27)/p+1. The Hall–Kier alpha value is -2.63. The summed E-state index contributed by atoms with van der Waals surface area (Å²) in [6.07, 6.45) is 0. The SMILES string of the molecule is CC(=O)SCc1cc2nc3c(=O)[nH]c(=O)[nH]c3nc2cc1C(=S)OCC[N+](C)(C)C. The number of H-pyrrole nitrogens is 2. The van der Waals surface area contributed by atoms with Crippen molar-refractivity contribution in [1.82, 2.24) is 19.9 Å². The lowest BCUT2D eigenvalue weighted by Crippen LogP contribution is -2.38. The normalized spacial score (nSPS) is 11.7. The molecule has 0 amide bonds. The third-order valence-corrected chi connectivity index (χ3v) is 5.41. The van der Waals surface area contributed by atoms with Gasteiger partial charge in [-0.3, -0.25) is 19.6 Å². The van der Waals surface area contributed by atoms with Crippen molar-refractivity contribution in [3.05, 3.63) is 44.1 Å². The number of benzene rings is 1. The van der Waals surface area contributed by atoms with Crippen molar-refractivity contribution in [3.8, 4) is 0 Å². The van der Waals surface area contributed by atoms with Gasteiger partial charge in [-0.05, 0) is 29.9 Å². The number of ether oxygens (including phenoxy) is 1. The van der Waals surface area contributed by atoms with E-state index in [1.54, 1.807) is 12.1 Å². The largest absolute Gasteiger partial charge is 0.477 e. The van der Waals surface area contributed by atoms with Crippen molar-refractivity contribution >= 4 is 56.3 Å². The summed E-state index contributed by atoms with van der Waals surface area (Å²) in [4.78, 5) is 48.4. The number of quaternary nitrogens is 1. The molecule has 0 spiro atoms. The van der Waals surface area contributed by atoms with E-state index in [2.05, 4.69) is 41.1 Å². The minimum absolute atomic E-state index is 0.0294. The second kappa shape index (κ2) is 8.62. The van der Waals surface area contributed by atoms with Gasteiger partial charge in [0, 0.05) is 18.2 Å². The highest BCUT2D eigenvalue weighted by molar-refractivity contribution is 8.12. The van der Waals surface area contributed by atoms with Crippen molar-refractivity contribution in [2.24, 2.45) is 0 Å². The molecular weight excluding hydrogens is 426 g/mol. The Balaban J connectivity index is 2.07. The first-order chi connectivity index (χ1) is 14.0. The summed E-state index contributed by atoms with van der Waals surface area (Å²) in [5, 5.41) is 0.266. The highest BCUT2D eigenvalue weighted by atomic mass is 32.2. The molecule has 2 N–H and O–H groups in total. The number of likely N-dealkylation sites (N-methyl/N-ethyl adjacent to an activating group) is 1. The number of hydrogen-bond acceptors (Lipinski definition) is 8. The summed E-state index contributed by atoms with van der Waals surface area (Å²) in [6.45, 7) is 2.69. The van der Waals surface area contributed by atoms with Crippen LogP contribution in [0.15, 0.2) is 21.7 Å². The van der Waals surface area contributed by atoms with Crippen LogP contribution in [-0.2, 0) is 15.3 Å². The summed E-state index contributed by atoms with van der Waals surface area (Å²) >= 11 is 6.63. The fourth-order valence-electron chi connectivity index (χ4n) is 2.67. The molecule has 2 aromatic heterocycles. The maximum absolute atomic E-state index is 12.0. The van der Waals surface area contributed by atoms with Crippen LogP contribution in [0, 0.1) is 0 Å². The van der Waals surface area contributed by atoms with Crippen LogP contribution in [0.1, 0.15) is 18.1 Å². The summed E-state index contributed by atoms with van der Waals surface area (Å²) < 4.78 is 6.52. The zero-order valence-corrected chi connectivity index (χ0v) is 18.7. The molecule has 0 atom stereocenters. The van der Waals surface area contributed by atoms with E-state index in [0.29, 0.717) is 34.0 Å². The highest BCUT2D eigenvalue weighted by Crippen LogP contribution is 2.24. The average molecular weight is 449 g/mol. The predicted molar refractivity (Wildman–Crippen MR) is 121 cm³/mol. The molecule has 0 aliphatic heterocycles. The van der Waals surface area contributed by atoms with E-state index >= 15 is 0 Å². The van der Waals surface area contributed by atoms with Crippen LogP contribution in [0.3, 0.4) is 0 Å². The number of aromatic amines is 2. The molecule has 2 heterocycles. The van der Waals surface area contributed by atoms with Crippen LogP contribution in [0.5, 0.6) is 0 Å². The van der Waals surface area contributed by atoms with Gasteiger partial charge in [0.1, 0.15) is 13.2 Å². The van der Waals surface area contributed by atoms with Crippen molar-refractivity contribution < 1.29 is 14.0 Å². The number of thioether (sulfide) groups is 1. The van der Waals surface area contributed by atoms with Gasteiger partial charge in [-0.2, -0.15) is 0 Å². The predicted octanol–water partition coefficient (Wildman–Crippen LogP) is 1.34. The summed E-state index contributed by atoms with van der Waals surface area (Å²) in [7, 11) is 6.17. The third kappa shape index (κ3) is 5.29. The van der Waals surface area contributed by atoms with E-state index in [4.69, 9.17) is 17.0 Å². The zero-order chi connectivity index (χ0) is 22.1. The monoisotopic (exact) mass is 448 g/mol. The van der Waals surface area contributed by atoms with E-state index < -0.39 is 11.2 Å². The maximum atomic E-state index is 12.0. The third-order valence-electron chi connectivity index (χ3n) is 4.21. The number of hydrogen-bond donors (Lipinski definition) is 2. The maximum Gasteiger partial charge on any atom is 0.327 e. The minimum Gasteiger partial charge on any atom is -0.477 e. The van der Waals surface area contributed by atoms with Crippen molar-refractivity contribution in [2.75, 3.05) is 34.3 Å². The molecule has 11 heteroatoms. The molecule has 1 aromatic carbocycles. The van der Waals surface area contributed by atoms with Crippen LogP contribution in [0.4, 0.5) is 0 Å². The Morgan fingerprint density at radius 1 is 1.17 bits per heavy atom. The van der Waals surface area contributed by atoms with Gasteiger partial charge in [0.05, 0.1) is 32.2 Å². The lowest BCUT2D eigenvalue weighted by Gasteiger charge is -2.24. The number of aromatic nitrogens is 4. The van der Waals surface area contributed by atoms with Gasteiger partial charge >= 0.3 is 5.69 Å². The molecule has 9 nitrogen and oxygen atoms in total.